The number of rotatable bonds is 10. The predicted octanol–water partition coefficient (Wildman–Crippen LogP) is 2.85. The molecule has 0 saturated heterocycles. The molecule has 4 heteroatoms. The van der Waals surface area contributed by atoms with Crippen LogP contribution in [-0.2, 0) is 0 Å². The van der Waals surface area contributed by atoms with E-state index in [1.54, 1.807) is 0 Å². The SMILES string of the molecule is CCCOc1ccc(C(CSCCCO)NC)cc1. The van der Waals surface area contributed by atoms with Crippen LogP contribution in [0, 0.1) is 0 Å². The summed E-state index contributed by atoms with van der Waals surface area (Å²) in [6, 6.07) is 8.67. The normalized spacial score (nSPS) is 12.4. The second-order valence-corrected chi connectivity index (χ2v) is 5.56. The van der Waals surface area contributed by atoms with Crippen LogP contribution in [0.3, 0.4) is 0 Å². The van der Waals surface area contributed by atoms with Crippen molar-refractivity contribution < 1.29 is 9.84 Å². The standard InChI is InChI=1S/C15H25NO2S/c1-3-10-18-14-7-5-13(6-8-14)15(16-2)12-19-11-4-9-17/h5-8,15-17H,3-4,9-12H2,1-2H3. The van der Waals surface area contributed by atoms with Crippen molar-refractivity contribution in [3.8, 4) is 5.75 Å². The summed E-state index contributed by atoms with van der Waals surface area (Å²) in [5.74, 6) is 2.96. The van der Waals surface area contributed by atoms with Crippen molar-refractivity contribution in [3.05, 3.63) is 29.8 Å². The van der Waals surface area contributed by atoms with Gasteiger partial charge in [-0.25, -0.2) is 0 Å². The number of ether oxygens (including phenoxy) is 1. The first-order chi connectivity index (χ1) is 9.31. The summed E-state index contributed by atoms with van der Waals surface area (Å²) in [6.07, 6.45) is 1.90. The van der Waals surface area contributed by atoms with E-state index in [2.05, 4.69) is 24.4 Å². The maximum atomic E-state index is 8.76. The Labute approximate surface area is 120 Å². The van der Waals surface area contributed by atoms with Gasteiger partial charge in [0, 0.05) is 18.4 Å². The van der Waals surface area contributed by atoms with Crippen molar-refractivity contribution in [2.75, 3.05) is 31.8 Å². The van der Waals surface area contributed by atoms with Gasteiger partial charge in [0.05, 0.1) is 6.61 Å². The van der Waals surface area contributed by atoms with Crippen molar-refractivity contribution in [1.82, 2.24) is 5.32 Å². The highest BCUT2D eigenvalue weighted by Crippen LogP contribution is 2.21. The third-order valence-corrected chi connectivity index (χ3v) is 3.98. The lowest BCUT2D eigenvalue weighted by Crippen LogP contribution is -2.18. The van der Waals surface area contributed by atoms with Gasteiger partial charge in [-0.3, -0.25) is 0 Å². The summed E-state index contributed by atoms with van der Waals surface area (Å²) in [5.41, 5.74) is 1.28. The molecule has 0 bridgehead atoms. The van der Waals surface area contributed by atoms with Crippen molar-refractivity contribution in [2.45, 2.75) is 25.8 Å². The monoisotopic (exact) mass is 283 g/mol. The Kier molecular flexibility index (Phi) is 8.71. The molecule has 1 unspecified atom stereocenters. The van der Waals surface area contributed by atoms with E-state index in [9.17, 15) is 0 Å². The zero-order valence-electron chi connectivity index (χ0n) is 11.9. The number of thioether (sulfide) groups is 1. The predicted molar refractivity (Wildman–Crippen MR) is 83.1 cm³/mol. The molecule has 0 amide bonds. The van der Waals surface area contributed by atoms with Gasteiger partial charge in [-0.05, 0) is 43.3 Å². The lowest BCUT2D eigenvalue weighted by molar-refractivity contribution is 0.296. The fraction of sp³-hybridized carbons (Fsp3) is 0.600. The number of aliphatic hydroxyl groups is 1. The Morgan fingerprint density at radius 3 is 2.63 bits per heavy atom. The Bertz CT molecular complexity index is 329. The van der Waals surface area contributed by atoms with E-state index in [1.807, 2.05) is 30.9 Å². The summed E-state index contributed by atoms with van der Waals surface area (Å²) < 4.78 is 5.58. The van der Waals surface area contributed by atoms with E-state index in [1.165, 1.54) is 5.56 Å². The Hall–Kier alpha value is -0.710. The molecule has 3 nitrogen and oxygen atoms in total. The second kappa shape index (κ2) is 10.1. The third kappa shape index (κ3) is 6.32. The molecule has 0 aliphatic heterocycles. The largest absolute Gasteiger partial charge is 0.494 e. The van der Waals surface area contributed by atoms with Gasteiger partial charge >= 0.3 is 0 Å². The molecule has 0 radical (unpaired) electrons. The van der Waals surface area contributed by atoms with Crippen LogP contribution in [0.1, 0.15) is 31.4 Å². The van der Waals surface area contributed by atoms with Crippen LogP contribution in [0.15, 0.2) is 24.3 Å². The first kappa shape index (κ1) is 16.3. The smallest absolute Gasteiger partial charge is 0.119 e. The molecular formula is C15H25NO2S. The van der Waals surface area contributed by atoms with Crippen molar-refractivity contribution in [1.29, 1.82) is 0 Å². The van der Waals surface area contributed by atoms with Gasteiger partial charge in [0.1, 0.15) is 5.75 Å². The second-order valence-electron chi connectivity index (χ2n) is 4.41. The Morgan fingerprint density at radius 1 is 1.32 bits per heavy atom. The number of nitrogens with one attached hydrogen (secondary N) is 1. The van der Waals surface area contributed by atoms with Crippen LogP contribution < -0.4 is 10.1 Å². The molecule has 1 atom stereocenters. The minimum Gasteiger partial charge on any atom is -0.494 e. The fourth-order valence-corrected chi connectivity index (χ4v) is 2.83. The van der Waals surface area contributed by atoms with E-state index in [0.29, 0.717) is 6.04 Å². The maximum Gasteiger partial charge on any atom is 0.119 e. The van der Waals surface area contributed by atoms with E-state index in [0.717, 1.165) is 36.7 Å². The average molecular weight is 283 g/mol. The van der Waals surface area contributed by atoms with Crippen molar-refractivity contribution in [2.24, 2.45) is 0 Å². The fourth-order valence-electron chi connectivity index (χ4n) is 1.73. The van der Waals surface area contributed by atoms with Crippen LogP contribution in [0.25, 0.3) is 0 Å². The van der Waals surface area contributed by atoms with Crippen LogP contribution in [0.4, 0.5) is 0 Å². The molecule has 0 spiro atoms. The van der Waals surface area contributed by atoms with Gasteiger partial charge in [0.15, 0.2) is 0 Å². The van der Waals surface area contributed by atoms with Gasteiger partial charge in [0.25, 0.3) is 0 Å². The minimum absolute atomic E-state index is 0.278. The van der Waals surface area contributed by atoms with Gasteiger partial charge in [0.2, 0.25) is 0 Å². The van der Waals surface area contributed by atoms with E-state index in [4.69, 9.17) is 9.84 Å². The molecule has 0 heterocycles. The molecule has 19 heavy (non-hydrogen) atoms. The molecule has 0 fully saturated rings. The lowest BCUT2D eigenvalue weighted by atomic mass is 10.1. The molecule has 1 aromatic rings. The molecule has 2 N–H and O–H groups in total. The molecule has 0 saturated carbocycles. The Morgan fingerprint density at radius 2 is 2.05 bits per heavy atom. The number of hydrogen-bond donors (Lipinski definition) is 2. The van der Waals surface area contributed by atoms with Gasteiger partial charge in [-0.15, -0.1) is 0 Å². The van der Waals surface area contributed by atoms with Gasteiger partial charge in [-0.2, -0.15) is 11.8 Å². The van der Waals surface area contributed by atoms with Gasteiger partial charge < -0.3 is 15.2 Å². The molecule has 0 aromatic heterocycles. The van der Waals surface area contributed by atoms with E-state index >= 15 is 0 Å². The lowest BCUT2D eigenvalue weighted by Gasteiger charge is -2.16. The molecule has 108 valence electrons. The van der Waals surface area contributed by atoms with Crippen LogP contribution in [0.2, 0.25) is 0 Å². The van der Waals surface area contributed by atoms with Gasteiger partial charge in [-0.1, -0.05) is 19.1 Å². The molecule has 0 aliphatic carbocycles. The summed E-state index contributed by atoms with van der Waals surface area (Å²) in [7, 11) is 1.98. The summed E-state index contributed by atoms with van der Waals surface area (Å²) in [6.45, 7) is 3.15. The first-order valence-corrected chi connectivity index (χ1v) is 8.06. The topological polar surface area (TPSA) is 41.5 Å². The van der Waals surface area contributed by atoms with E-state index < -0.39 is 0 Å². The number of hydrogen-bond acceptors (Lipinski definition) is 4. The number of benzene rings is 1. The zero-order valence-corrected chi connectivity index (χ0v) is 12.7. The average Bonchev–Trinajstić information content (AvgIpc) is 2.46. The minimum atomic E-state index is 0.278. The zero-order chi connectivity index (χ0) is 13.9. The highest BCUT2D eigenvalue weighted by molar-refractivity contribution is 7.99. The maximum absolute atomic E-state index is 8.76. The molecule has 1 rings (SSSR count). The highest BCUT2D eigenvalue weighted by atomic mass is 32.2. The van der Waals surface area contributed by atoms with Crippen molar-refractivity contribution >= 4 is 11.8 Å². The van der Waals surface area contributed by atoms with E-state index in [-0.39, 0.29) is 6.61 Å². The molecule has 1 aromatic carbocycles. The number of aliphatic hydroxyl groups excluding tert-OH is 1. The molecule has 0 aliphatic rings. The summed E-state index contributed by atoms with van der Waals surface area (Å²) in [4.78, 5) is 0. The van der Waals surface area contributed by atoms with Crippen LogP contribution in [-0.4, -0.2) is 36.9 Å². The van der Waals surface area contributed by atoms with Crippen LogP contribution >= 0.6 is 11.8 Å². The highest BCUT2D eigenvalue weighted by Gasteiger charge is 2.09. The van der Waals surface area contributed by atoms with Crippen molar-refractivity contribution in [3.63, 3.8) is 0 Å². The first-order valence-electron chi connectivity index (χ1n) is 6.90. The summed E-state index contributed by atoms with van der Waals surface area (Å²) >= 11 is 1.87. The quantitative estimate of drug-likeness (QED) is 0.648. The summed E-state index contributed by atoms with van der Waals surface area (Å²) in [5, 5.41) is 12.1. The Balaban J connectivity index is 2.46. The third-order valence-electron chi connectivity index (χ3n) is 2.84. The molecular weight excluding hydrogens is 258 g/mol. The van der Waals surface area contributed by atoms with Crippen LogP contribution in [0.5, 0.6) is 5.75 Å².